The molecule has 2 rings (SSSR count). The van der Waals surface area contributed by atoms with Crippen LogP contribution in [-0.2, 0) is 15.8 Å². The monoisotopic (exact) mass is 344 g/mol. The van der Waals surface area contributed by atoms with Crippen LogP contribution in [0.25, 0.3) is 0 Å². The van der Waals surface area contributed by atoms with Crippen LogP contribution in [0.3, 0.4) is 0 Å². The molecule has 1 aromatic heterocycles. The summed E-state index contributed by atoms with van der Waals surface area (Å²) in [6.45, 7) is 1.83. The van der Waals surface area contributed by atoms with E-state index in [0.717, 1.165) is 5.56 Å². The van der Waals surface area contributed by atoms with Gasteiger partial charge in [0.25, 0.3) is 5.91 Å². The minimum Gasteiger partial charge on any atom is -0.321 e. The lowest BCUT2D eigenvalue weighted by Crippen LogP contribution is -2.14. The van der Waals surface area contributed by atoms with Gasteiger partial charge in [-0.3, -0.25) is 4.79 Å². The van der Waals surface area contributed by atoms with Crippen molar-refractivity contribution in [2.45, 2.75) is 12.7 Å². The predicted molar refractivity (Wildman–Crippen MR) is 85.3 cm³/mol. The number of amides is 1. The quantitative estimate of drug-likeness (QED) is 0.893. The summed E-state index contributed by atoms with van der Waals surface area (Å²) >= 11 is 7.31. The number of carbonyl (C=O) groups is 1. The van der Waals surface area contributed by atoms with Crippen molar-refractivity contribution >= 4 is 44.6 Å². The van der Waals surface area contributed by atoms with E-state index in [9.17, 15) is 13.2 Å². The van der Waals surface area contributed by atoms with E-state index in [-0.39, 0.29) is 11.7 Å². The molecule has 0 fully saturated rings. The Morgan fingerprint density at radius 2 is 1.95 bits per heavy atom. The summed E-state index contributed by atoms with van der Waals surface area (Å²) in [5.74, 6) is -0.533. The smallest absolute Gasteiger partial charge is 0.267 e. The Balaban J connectivity index is 2.10. The molecule has 2 aromatic rings. The molecule has 8 heteroatoms. The first kappa shape index (κ1) is 16.0. The zero-order valence-corrected chi connectivity index (χ0v) is 13.5. The number of hydrogen-bond donors (Lipinski definition) is 2. The zero-order valence-electron chi connectivity index (χ0n) is 11.1. The van der Waals surface area contributed by atoms with Gasteiger partial charge in [0, 0.05) is 5.69 Å². The van der Waals surface area contributed by atoms with Crippen molar-refractivity contribution in [3.63, 3.8) is 0 Å². The molecule has 21 heavy (non-hydrogen) atoms. The summed E-state index contributed by atoms with van der Waals surface area (Å²) in [5.41, 5.74) is 1.97. The van der Waals surface area contributed by atoms with Gasteiger partial charge < -0.3 is 5.32 Å². The molecule has 1 heterocycles. The van der Waals surface area contributed by atoms with Gasteiger partial charge in [0.15, 0.2) is 0 Å². The lowest BCUT2D eigenvalue weighted by molar-refractivity contribution is 0.103. The van der Waals surface area contributed by atoms with Crippen LogP contribution in [0, 0.1) is 6.92 Å². The van der Waals surface area contributed by atoms with Crippen LogP contribution in [0.2, 0.25) is 5.02 Å². The maximum Gasteiger partial charge on any atom is 0.267 e. The van der Waals surface area contributed by atoms with E-state index < -0.39 is 10.0 Å². The van der Waals surface area contributed by atoms with Gasteiger partial charge in [-0.1, -0.05) is 23.7 Å². The van der Waals surface area contributed by atoms with E-state index in [1.54, 1.807) is 24.3 Å². The topological polar surface area (TPSA) is 89.3 Å². The highest BCUT2D eigenvalue weighted by Crippen LogP contribution is 2.27. The summed E-state index contributed by atoms with van der Waals surface area (Å²) in [4.78, 5) is 12.5. The second-order valence-corrected chi connectivity index (χ2v) is 7.39. The lowest BCUT2D eigenvalue weighted by Gasteiger charge is -2.05. The van der Waals surface area contributed by atoms with Gasteiger partial charge in [-0.15, -0.1) is 11.3 Å². The van der Waals surface area contributed by atoms with Crippen molar-refractivity contribution in [1.29, 1.82) is 0 Å². The predicted octanol–water partition coefficient (Wildman–Crippen LogP) is 2.75. The molecule has 0 bridgehead atoms. The van der Waals surface area contributed by atoms with Crippen molar-refractivity contribution in [1.82, 2.24) is 0 Å². The van der Waals surface area contributed by atoms with Crippen LogP contribution in [0.1, 0.15) is 20.8 Å². The van der Waals surface area contributed by atoms with E-state index >= 15 is 0 Å². The SMILES string of the molecule is Cc1csc(C(=O)Nc2ccc(CS(N)(=O)=O)cc2)c1Cl. The third kappa shape index (κ3) is 4.28. The van der Waals surface area contributed by atoms with Crippen LogP contribution >= 0.6 is 22.9 Å². The van der Waals surface area contributed by atoms with Crippen molar-refractivity contribution in [2.75, 3.05) is 5.32 Å². The van der Waals surface area contributed by atoms with Crippen molar-refractivity contribution in [2.24, 2.45) is 5.14 Å². The molecule has 5 nitrogen and oxygen atoms in total. The fourth-order valence-corrected chi connectivity index (χ4v) is 3.52. The molecule has 0 radical (unpaired) electrons. The minimum absolute atomic E-state index is 0.239. The van der Waals surface area contributed by atoms with E-state index in [1.165, 1.54) is 11.3 Å². The summed E-state index contributed by atoms with van der Waals surface area (Å²) in [6.07, 6.45) is 0. The molecule has 112 valence electrons. The first-order chi connectivity index (χ1) is 9.76. The summed E-state index contributed by atoms with van der Waals surface area (Å²) in [5, 5.41) is 9.94. The van der Waals surface area contributed by atoms with Gasteiger partial charge in [-0.25, -0.2) is 13.6 Å². The Morgan fingerprint density at radius 3 is 2.43 bits per heavy atom. The molecule has 3 N–H and O–H groups in total. The fraction of sp³-hybridized carbons (Fsp3) is 0.154. The maximum absolute atomic E-state index is 12.1. The number of nitrogens with two attached hydrogens (primary N) is 1. The number of halogens is 1. The van der Waals surface area contributed by atoms with Gasteiger partial charge in [0.2, 0.25) is 10.0 Å². The molecule has 0 spiro atoms. The lowest BCUT2D eigenvalue weighted by atomic mass is 10.2. The third-order valence-corrected chi connectivity index (χ3v) is 5.12. The number of anilines is 1. The van der Waals surface area contributed by atoms with E-state index in [4.69, 9.17) is 16.7 Å². The number of hydrogen-bond acceptors (Lipinski definition) is 4. The molecule has 0 aliphatic rings. The summed E-state index contributed by atoms with van der Waals surface area (Å²) in [7, 11) is -3.56. The number of sulfonamides is 1. The molecule has 1 aromatic carbocycles. The molecule has 0 aliphatic carbocycles. The average Bonchev–Trinajstić information content (AvgIpc) is 2.71. The molecule has 0 saturated heterocycles. The number of thiophene rings is 1. The van der Waals surface area contributed by atoms with Gasteiger partial charge in [-0.05, 0) is 35.6 Å². The standard InChI is InChI=1S/C13H13ClN2O3S2/c1-8-6-20-12(11(8)14)13(17)16-10-4-2-9(3-5-10)7-21(15,18)19/h2-6H,7H2,1H3,(H,16,17)(H2,15,18,19). The normalized spacial score (nSPS) is 11.4. The highest BCUT2D eigenvalue weighted by molar-refractivity contribution is 7.88. The van der Waals surface area contributed by atoms with Gasteiger partial charge in [-0.2, -0.15) is 0 Å². The molecule has 0 saturated carbocycles. The van der Waals surface area contributed by atoms with Crippen LogP contribution in [0.4, 0.5) is 5.69 Å². The largest absolute Gasteiger partial charge is 0.321 e. The average molecular weight is 345 g/mol. The number of primary sulfonamides is 1. The molecule has 1 amide bonds. The van der Waals surface area contributed by atoms with Gasteiger partial charge in [0.1, 0.15) is 4.88 Å². The molecule has 0 atom stereocenters. The van der Waals surface area contributed by atoms with Crippen molar-refractivity contribution in [3.8, 4) is 0 Å². The Kier molecular flexibility index (Phi) is 4.67. The first-order valence-electron chi connectivity index (χ1n) is 5.90. The van der Waals surface area contributed by atoms with E-state index in [0.29, 0.717) is 21.2 Å². The van der Waals surface area contributed by atoms with Crippen LogP contribution in [0.5, 0.6) is 0 Å². The second-order valence-electron chi connectivity index (χ2n) is 4.52. The molecular formula is C13H13ClN2O3S2. The van der Waals surface area contributed by atoms with Crippen LogP contribution < -0.4 is 10.5 Å². The Bertz CT molecular complexity index is 767. The highest BCUT2D eigenvalue weighted by atomic mass is 35.5. The highest BCUT2D eigenvalue weighted by Gasteiger charge is 2.14. The summed E-state index contributed by atoms with van der Waals surface area (Å²) < 4.78 is 22.0. The first-order valence-corrected chi connectivity index (χ1v) is 8.88. The third-order valence-electron chi connectivity index (χ3n) is 2.69. The number of rotatable bonds is 4. The Hall–Kier alpha value is -1.41. The van der Waals surface area contributed by atoms with Crippen LogP contribution in [0.15, 0.2) is 29.6 Å². The summed E-state index contributed by atoms with van der Waals surface area (Å²) in [6, 6.07) is 6.43. The number of aryl methyl sites for hydroxylation is 1. The fourth-order valence-electron chi connectivity index (χ4n) is 1.69. The molecular weight excluding hydrogens is 332 g/mol. The molecule has 0 aliphatic heterocycles. The molecule has 0 unspecified atom stereocenters. The van der Waals surface area contributed by atoms with Gasteiger partial charge >= 0.3 is 0 Å². The zero-order chi connectivity index (χ0) is 15.6. The maximum atomic E-state index is 12.1. The Labute approximate surface area is 131 Å². The van der Waals surface area contributed by atoms with Gasteiger partial charge in [0.05, 0.1) is 10.8 Å². The number of benzene rings is 1. The van der Waals surface area contributed by atoms with E-state index in [2.05, 4.69) is 5.32 Å². The number of nitrogens with one attached hydrogen (secondary N) is 1. The number of carbonyl (C=O) groups excluding carboxylic acids is 1. The van der Waals surface area contributed by atoms with Crippen molar-refractivity contribution < 1.29 is 13.2 Å². The van der Waals surface area contributed by atoms with Crippen LogP contribution in [-0.4, -0.2) is 14.3 Å². The Morgan fingerprint density at radius 1 is 1.33 bits per heavy atom. The van der Waals surface area contributed by atoms with E-state index in [1.807, 2.05) is 12.3 Å². The van der Waals surface area contributed by atoms with Crippen molar-refractivity contribution in [3.05, 3.63) is 50.7 Å². The second kappa shape index (κ2) is 6.15. The minimum atomic E-state index is -3.56.